The van der Waals surface area contributed by atoms with Crippen molar-refractivity contribution in [2.24, 2.45) is 5.14 Å². The van der Waals surface area contributed by atoms with Crippen molar-refractivity contribution in [3.63, 3.8) is 0 Å². The van der Waals surface area contributed by atoms with Crippen molar-refractivity contribution < 1.29 is 22.5 Å². The molecule has 0 amide bonds. The maximum absolute atomic E-state index is 13.2. The number of benzene rings is 2. The van der Waals surface area contributed by atoms with E-state index in [1.807, 2.05) is 6.92 Å². The second kappa shape index (κ2) is 7.22. The highest BCUT2D eigenvalue weighted by molar-refractivity contribution is 7.89. The molecule has 3 rings (SSSR count). The number of nitrogens with two attached hydrogens (primary N) is 1. The fraction of sp³-hybridized carbons (Fsp3) is 0.294. The van der Waals surface area contributed by atoms with Gasteiger partial charge in [-0.25, -0.2) is 17.9 Å². The molecule has 1 aliphatic rings. The Morgan fingerprint density at radius 1 is 1.22 bits per heavy atom. The van der Waals surface area contributed by atoms with Gasteiger partial charge in [0.25, 0.3) is 5.69 Å². The molecule has 0 spiro atoms. The number of primary sulfonamides is 1. The van der Waals surface area contributed by atoms with Crippen LogP contribution in [-0.4, -0.2) is 32.5 Å². The minimum atomic E-state index is -4.11. The Bertz CT molecular complexity index is 965. The number of halogens is 1. The predicted molar refractivity (Wildman–Crippen MR) is 96.4 cm³/mol. The Balaban J connectivity index is 1.98. The zero-order valence-electron chi connectivity index (χ0n) is 14.4. The molecule has 0 radical (unpaired) electrons. The van der Waals surface area contributed by atoms with E-state index in [1.165, 1.54) is 24.3 Å². The first-order chi connectivity index (χ1) is 12.6. The third kappa shape index (κ3) is 4.41. The lowest BCUT2D eigenvalue weighted by molar-refractivity contribution is -0.385. The standard InChI is InChI=1S/C17H18FN3O5S/c1-11-9-20(10-17(26-11)12-2-4-13(18)5-3-12)14-6-15(21(22)23)8-16(7-14)27(19,24)25/h2-8,11,17H,9-10H2,1H3,(H2,19,24,25). The number of hydrogen-bond donors (Lipinski definition) is 1. The van der Waals surface area contributed by atoms with E-state index in [1.54, 1.807) is 17.0 Å². The van der Waals surface area contributed by atoms with E-state index in [-0.39, 0.29) is 22.5 Å². The number of morpholine rings is 1. The van der Waals surface area contributed by atoms with E-state index in [9.17, 15) is 22.9 Å². The number of hydrogen-bond acceptors (Lipinski definition) is 6. The number of nitrogens with zero attached hydrogens (tertiary/aromatic N) is 2. The van der Waals surface area contributed by atoms with Gasteiger partial charge in [-0.1, -0.05) is 12.1 Å². The van der Waals surface area contributed by atoms with Gasteiger partial charge in [0.1, 0.15) is 11.9 Å². The van der Waals surface area contributed by atoms with Crippen molar-refractivity contribution in [1.29, 1.82) is 0 Å². The highest BCUT2D eigenvalue weighted by Crippen LogP contribution is 2.32. The van der Waals surface area contributed by atoms with Crippen molar-refractivity contribution >= 4 is 21.4 Å². The number of sulfonamides is 1. The van der Waals surface area contributed by atoms with E-state index in [4.69, 9.17) is 9.88 Å². The van der Waals surface area contributed by atoms with Crippen LogP contribution in [0.25, 0.3) is 0 Å². The lowest BCUT2D eigenvalue weighted by Gasteiger charge is -2.38. The second-order valence-electron chi connectivity index (χ2n) is 6.38. The van der Waals surface area contributed by atoms with E-state index in [0.29, 0.717) is 18.8 Å². The van der Waals surface area contributed by atoms with E-state index < -0.39 is 21.1 Å². The molecule has 1 saturated heterocycles. The number of non-ortho nitro benzene ring substituents is 1. The number of anilines is 1. The van der Waals surface area contributed by atoms with Crippen LogP contribution in [0.1, 0.15) is 18.6 Å². The molecular formula is C17H18FN3O5S. The largest absolute Gasteiger partial charge is 0.367 e. The fourth-order valence-corrected chi connectivity index (χ4v) is 3.61. The first-order valence-corrected chi connectivity index (χ1v) is 9.66. The second-order valence-corrected chi connectivity index (χ2v) is 7.94. The normalized spacial score (nSPS) is 20.5. The molecule has 1 heterocycles. The molecule has 2 N–H and O–H groups in total. The minimum Gasteiger partial charge on any atom is -0.367 e. The molecule has 0 aromatic heterocycles. The van der Waals surface area contributed by atoms with Crippen molar-refractivity contribution in [3.8, 4) is 0 Å². The monoisotopic (exact) mass is 395 g/mol. The molecule has 2 atom stereocenters. The summed E-state index contributed by atoms with van der Waals surface area (Å²) in [5.41, 5.74) is 0.745. The maximum atomic E-state index is 13.2. The molecule has 10 heteroatoms. The third-order valence-electron chi connectivity index (χ3n) is 4.28. The van der Waals surface area contributed by atoms with Gasteiger partial charge in [-0.3, -0.25) is 10.1 Å². The summed E-state index contributed by atoms with van der Waals surface area (Å²) in [6.45, 7) is 2.56. The molecule has 0 aliphatic carbocycles. The Kier molecular flexibility index (Phi) is 5.13. The summed E-state index contributed by atoms with van der Waals surface area (Å²) in [6, 6.07) is 9.42. The summed E-state index contributed by atoms with van der Waals surface area (Å²) in [7, 11) is -4.11. The average Bonchev–Trinajstić information content (AvgIpc) is 2.60. The number of nitro benzene ring substituents is 1. The summed E-state index contributed by atoms with van der Waals surface area (Å²) in [5.74, 6) is -0.365. The van der Waals surface area contributed by atoms with Gasteiger partial charge in [0.2, 0.25) is 10.0 Å². The molecule has 2 aromatic carbocycles. The van der Waals surface area contributed by atoms with Crippen LogP contribution in [-0.2, 0) is 14.8 Å². The average molecular weight is 395 g/mol. The molecule has 0 saturated carbocycles. The van der Waals surface area contributed by atoms with Crippen LogP contribution in [0.5, 0.6) is 0 Å². The van der Waals surface area contributed by atoms with Gasteiger partial charge in [0, 0.05) is 30.9 Å². The molecular weight excluding hydrogens is 377 g/mol. The van der Waals surface area contributed by atoms with Crippen LogP contribution in [0, 0.1) is 15.9 Å². The van der Waals surface area contributed by atoms with Crippen molar-refractivity contribution in [2.75, 3.05) is 18.0 Å². The molecule has 1 fully saturated rings. The highest BCUT2D eigenvalue weighted by Gasteiger charge is 2.28. The summed E-state index contributed by atoms with van der Waals surface area (Å²) < 4.78 is 42.5. The smallest absolute Gasteiger partial charge is 0.272 e. The number of nitro groups is 1. The van der Waals surface area contributed by atoms with E-state index in [2.05, 4.69) is 0 Å². The molecule has 27 heavy (non-hydrogen) atoms. The van der Waals surface area contributed by atoms with Gasteiger partial charge in [0.05, 0.1) is 15.9 Å². The quantitative estimate of drug-likeness (QED) is 0.627. The molecule has 0 bridgehead atoms. The Hall–Kier alpha value is -2.56. The lowest BCUT2D eigenvalue weighted by Crippen LogP contribution is -2.43. The zero-order chi connectivity index (χ0) is 19.8. The van der Waals surface area contributed by atoms with Gasteiger partial charge in [-0.2, -0.15) is 0 Å². The van der Waals surface area contributed by atoms with Crippen molar-refractivity contribution in [1.82, 2.24) is 0 Å². The van der Waals surface area contributed by atoms with Crippen molar-refractivity contribution in [3.05, 3.63) is 64.0 Å². The van der Waals surface area contributed by atoms with Crippen LogP contribution in [0.4, 0.5) is 15.8 Å². The van der Waals surface area contributed by atoms with E-state index >= 15 is 0 Å². The van der Waals surface area contributed by atoms with Gasteiger partial charge >= 0.3 is 0 Å². The topological polar surface area (TPSA) is 116 Å². The first kappa shape index (κ1) is 19.2. The summed E-state index contributed by atoms with van der Waals surface area (Å²) in [6.07, 6.45) is -0.627. The molecule has 1 aliphatic heterocycles. The summed E-state index contributed by atoms with van der Waals surface area (Å²) in [5, 5.41) is 16.3. The van der Waals surface area contributed by atoms with Crippen LogP contribution < -0.4 is 10.0 Å². The first-order valence-electron chi connectivity index (χ1n) is 8.11. The third-order valence-corrected chi connectivity index (χ3v) is 5.18. The van der Waals surface area contributed by atoms with Gasteiger partial charge in [-0.15, -0.1) is 0 Å². The predicted octanol–water partition coefficient (Wildman–Crippen LogP) is 2.35. The Morgan fingerprint density at radius 2 is 1.89 bits per heavy atom. The Morgan fingerprint density at radius 3 is 2.48 bits per heavy atom. The van der Waals surface area contributed by atoms with E-state index in [0.717, 1.165) is 11.6 Å². The molecule has 2 aromatic rings. The van der Waals surface area contributed by atoms with Crippen molar-refractivity contribution in [2.45, 2.75) is 24.0 Å². The van der Waals surface area contributed by atoms with Crippen LogP contribution in [0.15, 0.2) is 47.4 Å². The van der Waals surface area contributed by atoms with Gasteiger partial charge in [0.15, 0.2) is 0 Å². The zero-order valence-corrected chi connectivity index (χ0v) is 15.2. The highest BCUT2D eigenvalue weighted by atomic mass is 32.2. The minimum absolute atomic E-state index is 0.231. The molecule has 144 valence electrons. The lowest BCUT2D eigenvalue weighted by atomic mass is 10.1. The van der Waals surface area contributed by atoms with Gasteiger partial charge in [-0.05, 0) is 30.7 Å². The number of ether oxygens (including phenoxy) is 1. The SMILES string of the molecule is CC1CN(c2cc([N+](=O)[O-])cc(S(N)(=O)=O)c2)CC(c2ccc(F)cc2)O1. The van der Waals surface area contributed by atoms with Crippen LogP contribution >= 0.6 is 0 Å². The maximum Gasteiger partial charge on any atom is 0.272 e. The van der Waals surface area contributed by atoms with Crippen LogP contribution in [0.3, 0.4) is 0 Å². The molecule has 8 nitrogen and oxygen atoms in total. The summed E-state index contributed by atoms with van der Waals surface area (Å²) >= 11 is 0. The fourth-order valence-electron chi connectivity index (χ4n) is 3.04. The van der Waals surface area contributed by atoms with Crippen LogP contribution in [0.2, 0.25) is 0 Å². The number of rotatable bonds is 4. The van der Waals surface area contributed by atoms with Gasteiger partial charge < -0.3 is 9.64 Å². The summed E-state index contributed by atoms with van der Waals surface area (Å²) in [4.78, 5) is 12.0. The molecule has 2 unspecified atom stereocenters. The Labute approximate surface area is 155 Å².